The molecule has 0 bridgehead atoms. The van der Waals surface area contributed by atoms with E-state index in [9.17, 15) is 0 Å². The van der Waals surface area contributed by atoms with Crippen molar-refractivity contribution in [3.8, 4) is 39.9 Å². The molecule has 5 nitrogen and oxygen atoms in total. The largest absolute Gasteiger partial charge is 0.456 e. The third-order valence-electron chi connectivity index (χ3n) is 13.1. The Morgan fingerprint density at radius 1 is 0.312 bits per heavy atom. The Kier molecular flexibility index (Phi) is 7.33. The van der Waals surface area contributed by atoms with E-state index in [1.54, 1.807) is 0 Å². The number of hydrogen-bond donors (Lipinski definition) is 0. The Balaban J connectivity index is 1.06. The molecule has 3 aromatic heterocycles. The summed E-state index contributed by atoms with van der Waals surface area (Å²) in [5.41, 5.74) is 7.45. The third-order valence-corrected chi connectivity index (χ3v) is 13.1. The number of furan rings is 1. The van der Waals surface area contributed by atoms with Gasteiger partial charge >= 0.3 is 0 Å². The van der Waals surface area contributed by atoms with Gasteiger partial charge < -0.3 is 8.98 Å². The maximum atomic E-state index is 6.76. The molecule has 0 fully saturated rings. The van der Waals surface area contributed by atoms with Crippen molar-refractivity contribution in [2.45, 2.75) is 0 Å². The summed E-state index contributed by atoms with van der Waals surface area (Å²) in [5, 5.41) is 16.2. The fraction of sp³-hybridized carbons (Fsp3) is 0. The fourth-order valence-electron chi connectivity index (χ4n) is 10.1. The van der Waals surface area contributed by atoms with E-state index in [0.29, 0.717) is 17.5 Å². The molecule has 0 N–H and O–H groups in total. The summed E-state index contributed by atoms with van der Waals surface area (Å²) in [6.07, 6.45) is 0. The van der Waals surface area contributed by atoms with Crippen molar-refractivity contribution in [3.05, 3.63) is 206 Å². The molecule has 0 saturated carbocycles. The van der Waals surface area contributed by atoms with Gasteiger partial charge in [0.05, 0.1) is 16.7 Å². The molecule has 0 spiro atoms. The minimum Gasteiger partial charge on any atom is -0.456 e. The molecule has 64 heavy (non-hydrogen) atoms. The van der Waals surface area contributed by atoms with Crippen molar-refractivity contribution in [3.63, 3.8) is 0 Å². The molecule has 0 aliphatic carbocycles. The third kappa shape index (κ3) is 5.28. The SMILES string of the molecule is c1ccc2cc3c(cc2c1)c1ccccc1n3-c1cc(-c2nc(-c3ccc4c(ccc5ccccc54)c3)nc(-c3ccc4c(ccc5ccccc54)c3)n2)c2c(c1)oc1ccccc12. The van der Waals surface area contributed by atoms with Gasteiger partial charge in [0.15, 0.2) is 17.5 Å². The summed E-state index contributed by atoms with van der Waals surface area (Å²) in [6.45, 7) is 0. The van der Waals surface area contributed by atoms with Crippen LogP contribution in [-0.4, -0.2) is 19.5 Å². The summed E-state index contributed by atoms with van der Waals surface area (Å²) in [4.78, 5) is 16.1. The van der Waals surface area contributed by atoms with E-state index in [2.05, 4.69) is 199 Å². The molecule has 296 valence electrons. The molecule has 0 aliphatic heterocycles. The van der Waals surface area contributed by atoms with Crippen LogP contribution in [0.5, 0.6) is 0 Å². The lowest BCUT2D eigenvalue weighted by Crippen LogP contribution is -2.02. The molecule has 3 heterocycles. The first kappa shape index (κ1) is 35.0. The van der Waals surface area contributed by atoms with Gasteiger partial charge in [-0.05, 0) is 96.3 Å². The highest BCUT2D eigenvalue weighted by atomic mass is 16.3. The van der Waals surface area contributed by atoms with E-state index in [0.717, 1.165) is 66.1 Å². The minimum absolute atomic E-state index is 0.571. The van der Waals surface area contributed by atoms with Gasteiger partial charge in [-0.1, -0.05) is 158 Å². The van der Waals surface area contributed by atoms with Crippen molar-refractivity contribution in [1.82, 2.24) is 19.5 Å². The van der Waals surface area contributed by atoms with Gasteiger partial charge in [-0.15, -0.1) is 0 Å². The van der Waals surface area contributed by atoms with Crippen LogP contribution in [0.1, 0.15) is 0 Å². The van der Waals surface area contributed by atoms with Crippen molar-refractivity contribution < 1.29 is 4.42 Å². The predicted octanol–water partition coefficient (Wildman–Crippen LogP) is 15.6. The molecule has 0 aliphatic rings. The summed E-state index contributed by atoms with van der Waals surface area (Å²) in [7, 11) is 0. The highest BCUT2D eigenvalue weighted by Gasteiger charge is 2.22. The topological polar surface area (TPSA) is 56.7 Å². The normalized spacial score (nSPS) is 12.1. The van der Waals surface area contributed by atoms with Crippen LogP contribution in [-0.2, 0) is 0 Å². The first-order valence-electron chi connectivity index (χ1n) is 21.7. The lowest BCUT2D eigenvalue weighted by Gasteiger charge is -2.14. The average molecular weight is 815 g/mol. The monoisotopic (exact) mass is 814 g/mol. The Bertz CT molecular complexity index is 4140. The van der Waals surface area contributed by atoms with E-state index in [1.807, 2.05) is 12.1 Å². The number of benzene rings is 11. The molecule has 0 atom stereocenters. The van der Waals surface area contributed by atoms with Crippen LogP contribution >= 0.6 is 0 Å². The number of fused-ring (bicyclic) bond motifs is 13. The average Bonchev–Trinajstić information content (AvgIpc) is 3.90. The zero-order valence-electron chi connectivity index (χ0n) is 34.3. The van der Waals surface area contributed by atoms with E-state index >= 15 is 0 Å². The second-order valence-corrected chi connectivity index (χ2v) is 16.8. The van der Waals surface area contributed by atoms with Gasteiger partial charge in [0.1, 0.15) is 11.2 Å². The lowest BCUT2D eigenvalue weighted by atomic mass is 9.99. The van der Waals surface area contributed by atoms with Gasteiger partial charge in [-0.3, -0.25) is 0 Å². The van der Waals surface area contributed by atoms with Gasteiger partial charge in [0, 0.05) is 44.3 Å². The van der Waals surface area contributed by atoms with Crippen molar-refractivity contribution in [1.29, 1.82) is 0 Å². The second-order valence-electron chi connectivity index (χ2n) is 16.8. The second kappa shape index (κ2) is 13.4. The maximum absolute atomic E-state index is 6.76. The van der Waals surface area contributed by atoms with Crippen LogP contribution in [0.4, 0.5) is 0 Å². The van der Waals surface area contributed by atoms with Gasteiger partial charge in [0.25, 0.3) is 0 Å². The summed E-state index contributed by atoms with van der Waals surface area (Å²) < 4.78 is 9.12. The number of para-hydroxylation sites is 2. The van der Waals surface area contributed by atoms with Crippen molar-refractivity contribution in [2.24, 2.45) is 0 Å². The van der Waals surface area contributed by atoms with Crippen molar-refractivity contribution in [2.75, 3.05) is 0 Å². The van der Waals surface area contributed by atoms with Crippen LogP contribution in [0, 0.1) is 0 Å². The Morgan fingerprint density at radius 3 is 1.50 bits per heavy atom. The van der Waals surface area contributed by atoms with Crippen molar-refractivity contribution >= 4 is 97.6 Å². The summed E-state index contributed by atoms with van der Waals surface area (Å²) >= 11 is 0. The minimum atomic E-state index is 0.571. The predicted molar refractivity (Wildman–Crippen MR) is 265 cm³/mol. The van der Waals surface area contributed by atoms with Crippen LogP contribution in [0.3, 0.4) is 0 Å². The Morgan fingerprint density at radius 2 is 0.828 bits per heavy atom. The molecule has 14 aromatic rings. The highest BCUT2D eigenvalue weighted by Crippen LogP contribution is 2.42. The number of hydrogen-bond acceptors (Lipinski definition) is 4. The number of aromatic nitrogens is 4. The van der Waals surface area contributed by atoms with Gasteiger partial charge in [0.2, 0.25) is 0 Å². The molecule has 0 unspecified atom stereocenters. The van der Waals surface area contributed by atoms with E-state index < -0.39 is 0 Å². The van der Waals surface area contributed by atoms with E-state index in [1.165, 1.54) is 53.9 Å². The molecular weight excluding hydrogens is 781 g/mol. The Labute approximate surface area is 366 Å². The molecule has 14 rings (SSSR count). The molecule has 0 amide bonds. The molecule has 0 radical (unpaired) electrons. The van der Waals surface area contributed by atoms with Crippen LogP contribution in [0.25, 0.3) is 137 Å². The zero-order chi connectivity index (χ0) is 41.9. The summed E-state index contributed by atoms with van der Waals surface area (Å²) in [6, 6.07) is 73.4. The maximum Gasteiger partial charge on any atom is 0.164 e. The molecule has 0 saturated heterocycles. The molecule has 5 heteroatoms. The highest BCUT2D eigenvalue weighted by molar-refractivity contribution is 6.16. The number of nitrogens with zero attached hydrogens (tertiary/aromatic N) is 4. The quantitative estimate of drug-likeness (QED) is 0.166. The van der Waals surface area contributed by atoms with Crippen LogP contribution < -0.4 is 0 Å². The fourth-order valence-corrected chi connectivity index (χ4v) is 10.1. The van der Waals surface area contributed by atoms with Crippen LogP contribution in [0.2, 0.25) is 0 Å². The summed E-state index contributed by atoms with van der Waals surface area (Å²) in [5.74, 6) is 1.77. The van der Waals surface area contributed by atoms with E-state index in [-0.39, 0.29) is 0 Å². The van der Waals surface area contributed by atoms with Gasteiger partial charge in [-0.2, -0.15) is 0 Å². The molecular formula is C59H34N4O. The van der Waals surface area contributed by atoms with Gasteiger partial charge in [-0.25, -0.2) is 15.0 Å². The first-order valence-corrected chi connectivity index (χ1v) is 21.7. The molecule has 11 aromatic carbocycles. The van der Waals surface area contributed by atoms with E-state index in [4.69, 9.17) is 19.4 Å². The standard InChI is InChI=1S/C59H34N4O/c1-2-14-38-32-53-50(31-37(38)13-1)48-17-7-9-19-52(48)63(53)43-33-51(56-49-18-8-10-20-54(49)64-55(56)34-43)59-61-57(41-25-27-46-39(29-41)23-21-35-11-3-5-15-44(35)46)60-58(62-59)42-26-28-47-40(30-42)24-22-36-12-4-6-16-45(36)47/h1-34H. The number of rotatable bonds is 4. The van der Waals surface area contributed by atoms with Crippen LogP contribution in [0.15, 0.2) is 211 Å². The smallest absolute Gasteiger partial charge is 0.164 e. The lowest BCUT2D eigenvalue weighted by molar-refractivity contribution is 0.668. The zero-order valence-corrected chi connectivity index (χ0v) is 34.3. The Hall–Kier alpha value is -8.67. The first-order chi connectivity index (χ1) is 31.7.